The van der Waals surface area contributed by atoms with E-state index in [1.54, 1.807) is 0 Å². The molecule has 1 N–H and O–H groups in total. The number of nitrogens with one attached hydrogen (secondary N) is 1. The Morgan fingerprint density at radius 3 is 1.63 bits per heavy atom. The third-order valence-corrected chi connectivity index (χ3v) is 5.09. The summed E-state index contributed by atoms with van der Waals surface area (Å²) in [6.45, 7) is 16.0. The topological polar surface area (TPSA) is 12.0 Å². The quantitative estimate of drug-likeness (QED) is 0.793. The molecule has 1 nitrogen and oxygen atoms in total. The Kier molecular flexibility index (Phi) is 5.61. The van der Waals surface area contributed by atoms with Crippen molar-refractivity contribution in [3.05, 3.63) is 33.4 Å². The lowest BCUT2D eigenvalue weighted by atomic mass is 9.83. The van der Waals surface area contributed by atoms with E-state index in [2.05, 4.69) is 60.8 Å². The van der Waals surface area contributed by atoms with Gasteiger partial charge in [0.1, 0.15) is 0 Å². The molecule has 1 aromatic rings. The predicted molar refractivity (Wildman–Crippen MR) is 86.0 cm³/mol. The highest BCUT2D eigenvalue weighted by Crippen LogP contribution is 2.33. The monoisotopic (exact) mass is 261 g/mol. The SMILES string of the molecule is CCC(C)CC(NC)c1c(C)c(C)c(C)c(C)c1C. The maximum Gasteiger partial charge on any atom is 0.0325 e. The van der Waals surface area contributed by atoms with Crippen LogP contribution in [0.15, 0.2) is 0 Å². The zero-order valence-electron chi connectivity index (χ0n) is 14.1. The zero-order valence-corrected chi connectivity index (χ0v) is 14.1. The fraction of sp³-hybridized carbons (Fsp3) is 0.667. The first-order valence-electron chi connectivity index (χ1n) is 7.59. The molecular weight excluding hydrogens is 230 g/mol. The Morgan fingerprint density at radius 1 is 0.842 bits per heavy atom. The van der Waals surface area contributed by atoms with Gasteiger partial charge in [0.05, 0.1) is 0 Å². The summed E-state index contributed by atoms with van der Waals surface area (Å²) in [6.07, 6.45) is 2.47. The van der Waals surface area contributed by atoms with Crippen LogP contribution in [0.1, 0.15) is 66.1 Å². The van der Waals surface area contributed by atoms with E-state index in [1.165, 1.54) is 46.2 Å². The van der Waals surface area contributed by atoms with Crippen LogP contribution < -0.4 is 5.32 Å². The van der Waals surface area contributed by atoms with E-state index in [0.29, 0.717) is 6.04 Å². The molecule has 1 rings (SSSR count). The zero-order chi connectivity index (χ0) is 14.7. The van der Waals surface area contributed by atoms with Crippen LogP contribution in [0.5, 0.6) is 0 Å². The van der Waals surface area contributed by atoms with Gasteiger partial charge in [0.15, 0.2) is 0 Å². The molecule has 0 aliphatic rings. The normalized spacial score (nSPS) is 14.5. The Balaban J connectivity index is 3.32. The fourth-order valence-corrected chi connectivity index (χ4v) is 3.00. The molecule has 0 aromatic heterocycles. The van der Waals surface area contributed by atoms with Crippen molar-refractivity contribution >= 4 is 0 Å². The first-order valence-corrected chi connectivity index (χ1v) is 7.59. The molecule has 0 spiro atoms. The largest absolute Gasteiger partial charge is 0.313 e. The highest BCUT2D eigenvalue weighted by molar-refractivity contribution is 5.50. The van der Waals surface area contributed by atoms with Gasteiger partial charge in [-0.15, -0.1) is 0 Å². The van der Waals surface area contributed by atoms with Gasteiger partial charge in [0.2, 0.25) is 0 Å². The Morgan fingerprint density at radius 2 is 1.26 bits per heavy atom. The summed E-state index contributed by atoms with van der Waals surface area (Å²) in [4.78, 5) is 0. The van der Waals surface area contributed by atoms with Crippen molar-refractivity contribution < 1.29 is 0 Å². The number of hydrogen-bond donors (Lipinski definition) is 1. The van der Waals surface area contributed by atoms with E-state index in [9.17, 15) is 0 Å². The van der Waals surface area contributed by atoms with Gasteiger partial charge in [-0.3, -0.25) is 0 Å². The van der Waals surface area contributed by atoms with E-state index >= 15 is 0 Å². The van der Waals surface area contributed by atoms with E-state index < -0.39 is 0 Å². The Bertz CT molecular complexity index is 416. The van der Waals surface area contributed by atoms with Gasteiger partial charge in [-0.1, -0.05) is 20.3 Å². The van der Waals surface area contributed by atoms with Crippen molar-refractivity contribution in [2.75, 3.05) is 7.05 Å². The minimum atomic E-state index is 0.480. The van der Waals surface area contributed by atoms with Gasteiger partial charge >= 0.3 is 0 Å². The minimum absolute atomic E-state index is 0.480. The third-order valence-electron chi connectivity index (χ3n) is 5.09. The first-order chi connectivity index (χ1) is 8.84. The molecule has 2 unspecified atom stereocenters. The molecule has 0 aliphatic heterocycles. The molecule has 108 valence electrons. The molecule has 0 bridgehead atoms. The molecule has 0 heterocycles. The van der Waals surface area contributed by atoms with Crippen molar-refractivity contribution in [1.29, 1.82) is 0 Å². The summed E-state index contributed by atoms with van der Waals surface area (Å²) in [5.41, 5.74) is 8.86. The smallest absolute Gasteiger partial charge is 0.0325 e. The van der Waals surface area contributed by atoms with Crippen molar-refractivity contribution in [3.8, 4) is 0 Å². The summed E-state index contributed by atoms with van der Waals surface area (Å²) < 4.78 is 0. The number of hydrogen-bond acceptors (Lipinski definition) is 1. The Hall–Kier alpha value is -0.820. The van der Waals surface area contributed by atoms with Gasteiger partial charge in [-0.25, -0.2) is 0 Å². The average molecular weight is 261 g/mol. The van der Waals surface area contributed by atoms with E-state index in [1.807, 2.05) is 0 Å². The number of benzene rings is 1. The van der Waals surface area contributed by atoms with E-state index in [0.717, 1.165) is 5.92 Å². The fourth-order valence-electron chi connectivity index (χ4n) is 3.00. The van der Waals surface area contributed by atoms with Crippen LogP contribution in [0, 0.1) is 40.5 Å². The van der Waals surface area contributed by atoms with E-state index in [4.69, 9.17) is 0 Å². The maximum atomic E-state index is 3.54. The third kappa shape index (κ3) is 3.20. The van der Waals surface area contributed by atoms with Crippen molar-refractivity contribution in [1.82, 2.24) is 5.32 Å². The standard InChI is InChI=1S/C18H31N/c1-9-11(2)10-17(19-8)18-15(6)13(4)12(3)14(5)16(18)7/h11,17,19H,9-10H2,1-8H3. The molecule has 1 aromatic carbocycles. The first kappa shape index (κ1) is 16.2. The van der Waals surface area contributed by atoms with Crippen LogP contribution in [-0.4, -0.2) is 7.05 Å². The summed E-state index contributed by atoms with van der Waals surface area (Å²) >= 11 is 0. The van der Waals surface area contributed by atoms with Crippen molar-refractivity contribution in [2.24, 2.45) is 5.92 Å². The summed E-state index contributed by atoms with van der Waals surface area (Å²) in [5, 5.41) is 3.54. The van der Waals surface area contributed by atoms with Crippen LogP contribution >= 0.6 is 0 Å². The molecule has 1 heteroatoms. The molecule has 0 amide bonds. The second-order valence-corrected chi connectivity index (χ2v) is 6.13. The lowest BCUT2D eigenvalue weighted by Crippen LogP contribution is -2.22. The van der Waals surface area contributed by atoms with Crippen LogP contribution in [0.2, 0.25) is 0 Å². The molecule has 2 atom stereocenters. The second-order valence-electron chi connectivity index (χ2n) is 6.13. The molecule has 0 saturated heterocycles. The van der Waals surface area contributed by atoms with Crippen LogP contribution in [0.4, 0.5) is 0 Å². The second kappa shape index (κ2) is 6.56. The lowest BCUT2D eigenvalue weighted by Gasteiger charge is -2.27. The van der Waals surface area contributed by atoms with Gasteiger partial charge in [-0.05, 0) is 87.4 Å². The average Bonchev–Trinajstić information content (AvgIpc) is 2.41. The van der Waals surface area contributed by atoms with Crippen LogP contribution in [0.25, 0.3) is 0 Å². The van der Waals surface area contributed by atoms with Crippen molar-refractivity contribution in [2.45, 2.75) is 67.3 Å². The predicted octanol–water partition coefficient (Wildman–Crippen LogP) is 4.93. The maximum absolute atomic E-state index is 3.54. The van der Waals surface area contributed by atoms with Gasteiger partial charge in [0.25, 0.3) is 0 Å². The lowest BCUT2D eigenvalue weighted by molar-refractivity contribution is 0.419. The molecule has 19 heavy (non-hydrogen) atoms. The highest BCUT2D eigenvalue weighted by Gasteiger charge is 2.20. The molecule has 0 fully saturated rings. The highest BCUT2D eigenvalue weighted by atomic mass is 14.9. The summed E-state index contributed by atoms with van der Waals surface area (Å²) in [5.74, 6) is 0.762. The molecule has 0 radical (unpaired) electrons. The van der Waals surface area contributed by atoms with Crippen LogP contribution in [0.3, 0.4) is 0 Å². The van der Waals surface area contributed by atoms with Crippen molar-refractivity contribution in [3.63, 3.8) is 0 Å². The van der Waals surface area contributed by atoms with Gasteiger partial charge < -0.3 is 5.32 Å². The molecular formula is C18H31N. The van der Waals surface area contributed by atoms with Gasteiger partial charge in [-0.2, -0.15) is 0 Å². The minimum Gasteiger partial charge on any atom is -0.313 e. The molecule has 0 saturated carbocycles. The molecule has 0 aliphatic carbocycles. The Labute approximate surface area is 119 Å². The number of rotatable bonds is 5. The van der Waals surface area contributed by atoms with Gasteiger partial charge in [0, 0.05) is 6.04 Å². The summed E-state index contributed by atoms with van der Waals surface area (Å²) in [7, 11) is 2.09. The van der Waals surface area contributed by atoms with Crippen LogP contribution in [-0.2, 0) is 0 Å². The van der Waals surface area contributed by atoms with E-state index in [-0.39, 0.29) is 0 Å². The summed E-state index contributed by atoms with van der Waals surface area (Å²) in [6, 6.07) is 0.480.